The largest absolute Gasteiger partial charge is 0.409 e. The second-order valence-electron chi connectivity index (χ2n) is 4.69. The van der Waals surface area contributed by atoms with Gasteiger partial charge in [0, 0.05) is 24.2 Å². The van der Waals surface area contributed by atoms with Crippen LogP contribution in [0, 0.1) is 0 Å². The molecular weight excluding hydrogens is 292 g/mol. The number of aryl methyl sites for hydroxylation is 1. The Balaban J connectivity index is 2.05. The Morgan fingerprint density at radius 2 is 2.33 bits per heavy atom. The lowest BCUT2D eigenvalue weighted by Crippen LogP contribution is -2.21. The van der Waals surface area contributed by atoms with Crippen molar-refractivity contribution in [2.75, 3.05) is 0 Å². The van der Waals surface area contributed by atoms with E-state index in [4.69, 9.17) is 22.5 Å². The van der Waals surface area contributed by atoms with E-state index in [1.165, 1.54) is 0 Å². The minimum absolute atomic E-state index is 0.0314. The van der Waals surface area contributed by atoms with Crippen molar-refractivity contribution in [2.45, 2.75) is 19.5 Å². The van der Waals surface area contributed by atoms with Gasteiger partial charge in [-0.1, -0.05) is 28.9 Å². The molecule has 0 aliphatic rings. The first-order chi connectivity index (χ1) is 10.0. The summed E-state index contributed by atoms with van der Waals surface area (Å²) < 4.78 is 1.86. The smallest absolute Gasteiger partial charge is 0.170 e. The van der Waals surface area contributed by atoms with Gasteiger partial charge in [0.2, 0.25) is 0 Å². The van der Waals surface area contributed by atoms with Crippen LogP contribution >= 0.6 is 11.6 Å². The summed E-state index contributed by atoms with van der Waals surface area (Å²) in [6.45, 7) is 2.58. The number of nitrogens with two attached hydrogens (primary N) is 1. The summed E-state index contributed by atoms with van der Waals surface area (Å²) in [6.07, 6.45) is 1.66. The van der Waals surface area contributed by atoms with Crippen molar-refractivity contribution in [3.8, 4) is 0 Å². The van der Waals surface area contributed by atoms with Crippen LogP contribution in [0.3, 0.4) is 0 Å². The molecule has 1 unspecified atom stereocenters. The lowest BCUT2D eigenvalue weighted by Gasteiger charge is -2.14. The van der Waals surface area contributed by atoms with Gasteiger partial charge in [0.1, 0.15) is 12.2 Å². The molecule has 0 amide bonds. The minimum Gasteiger partial charge on any atom is -0.409 e. The highest BCUT2D eigenvalue weighted by molar-refractivity contribution is 6.31. The Kier molecular flexibility index (Phi) is 4.77. The van der Waals surface area contributed by atoms with Gasteiger partial charge in [0.05, 0.1) is 6.04 Å². The molecule has 1 aromatic carbocycles. The van der Waals surface area contributed by atoms with Crippen molar-refractivity contribution in [3.05, 3.63) is 46.5 Å². The van der Waals surface area contributed by atoms with Gasteiger partial charge >= 0.3 is 0 Å². The topological polar surface area (TPSA) is 101 Å². The summed E-state index contributed by atoms with van der Waals surface area (Å²) in [5, 5.41) is 23.4. The predicted molar refractivity (Wildman–Crippen MR) is 80.2 cm³/mol. The maximum absolute atomic E-state index is 8.65. The van der Waals surface area contributed by atoms with Gasteiger partial charge in [-0.3, -0.25) is 0 Å². The van der Waals surface area contributed by atoms with Gasteiger partial charge in [-0.25, -0.2) is 0 Å². The fourth-order valence-corrected chi connectivity index (χ4v) is 2.19. The number of oxime groups is 1. The number of aromatic nitrogens is 3. The number of nitrogens with one attached hydrogen (secondary N) is 1. The molecule has 8 heteroatoms. The number of amidine groups is 1. The normalized spacial score (nSPS) is 13.4. The van der Waals surface area contributed by atoms with E-state index in [0.717, 1.165) is 11.4 Å². The summed E-state index contributed by atoms with van der Waals surface area (Å²) in [7, 11) is 1.90. The predicted octanol–water partition coefficient (Wildman–Crippen LogP) is 1.41. The molecule has 4 N–H and O–H groups in total. The number of benzene rings is 1. The first kappa shape index (κ1) is 15.3. The highest BCUT2D eigenvalue weighted by Gasteiger charge is 2.12. The van der Waals surface area contributed by atoms with Crippen LogP contribution in [0.1, 0.15) is 29.9 Å². The molecule has 7 nitrogen and oxygen atoms in total. The van der Waals surface area contributed by atoms with E-state index >= 15 is 0 Å². The molecule has 1 heterocycles. The monoisotopic (exact) mass is 308 g/mol. The second-order valence-corrected chi connectivity index (χ2v) is 5.10. The first-order valence-corrected chi connectivity index (χ1v) is 6.74. The van der Waals surface area contributed by atoms with E-state index < -0.39 is 0 Å². The zero-order valence-corrected chi connectivity index (χ0v) is 12.5. The Labute approximate surface area is 127 Å². The molecule has 0 radical (unpaired) electrons. The van der Waals surface area contributed by atoms with Crippen LogP contribution in [-0.2, 0) is 13.6 Å². The van der Waals surface area contributed by atoms with Crippen LogP contribution < -0.4 is 11.1 Å². The van der Waals surface area contributed by atoms with Crippen molar-refractivity contribution in [2.24, 2.45) is 17.9 Å². The molecule has 1 atom stereocenters. The molecule has 0 spiro atoms. The van der Waals surface area contributed by atoms with Crippen LogP contribution in [0.5, 0.6) is 0 Å². The van der Waals surface area contributed by atoms with E-state index in [1.54, 1.807) is 18.5 Å². The molecule has 0 fully saturated rings. The van der Waals surface area contributed by atoms with Crippen molar-refractivity contribution < 1.29 is 5.21 Å². The SMILES string of the molecule is CC(NCc1ccc(/C(N)=N/O)cc1Cl)c1nncn1C. The summed E-state index contributed by atoms with van der Waals surface area (Å²) in [6, 6.07) is 5.30. The Morgan fingerprint density at radius 3 is 2.90 bits per heavy atom. The molecule has 1 aromatic heterocycles. The Bertz CT molecular complexity index is 654. The van der Waals surface area contributed by atoms with Crippen LogP contribution in [0.2, 0.25) is 5.02 Å². The average Bonchev–Trinajstić information content (AvgIpc) is 2.91. The second kappa shape index (κ2) is 6.55. The molecule has 0 aliphatic heterocycles. The van der Waals surface area contributed by atoms with Crippen molar-refractivity contribution >= 4 is 17.4 Å². The highest BCUT2D eigenvalue weighted by Crippen LogP contribution is 2.19. The van der Waals surface area contributed by atoms with E-state index in [1.807, 2.05) is 24.6 Å². The zero-order valence-electron chi connectivity index (χ0n) is 11.8. The maximum atomic E-state index is 8.65. The summed E-state index contributed by atoms with van der Waals surface area (Å²) >= 11 is 6.20. The third-order valence-corrected chi connectivity index (χ3v) is 3.54. The highest BCUT2D eigenvalue weighted by atomic mass is 35.5. The third-order valence-electron chi connectivity index (χ3n) is 3.19. The molecule has 0 aliphatic carbocycles. The molecule has 2 aromatic rings. The molecule has 112 valence electrons. The fourth-order valence-electron chi connectivity index (χ4n) is 1.95. The van der Waals surface area contributed by atoms with Crippen LogP contribution in [-0.4, -0.2) is 25.8 Å². The van der Waals surface area contributed by atoms with Gasteiger partial charge in [-0.05, 0) is 18.6 Å². The van der Waals surface area contributed by atoms with Crippen LogP contribution in [0.4, 0.5) is 0 Å². The van der Waals surface area contributed by atoms with Gasteiger partial charge in [-0.15, -0.1) is 10.2 Å². The van der Waals surface area contributed by atoms with E-state index in [-0.39, 0.29) is 11.9 Å². The number of hydrogen-bond donors (Lipinski definition) is 3. The van der Waals surface area contributed by atoms with Crippen LogP contribution in [0.25, 0.3) is 0 Å². The Hall–Kier alpha value is -2.12. The fraction of sp³-hybridized carbons (Fsp3) is 0.308. The van der Waals surface area contributed by atoms with Crippen molar-refractivity contribution in [3.63, 3.8) is 0 Å². The van der Waals surface area contributed by atoms with E-state index in [2.05, 4.69) is 20.7 Å². The quantitative estimate of drug-likeness (QED) is 0.335. The molecule has 21 heavy (non-hydrogen) atoms. The van der Waals surface area contributed by atoms with E-state index in [0.29, 0.717) is 17.1 Å². The lowest BCUT2D eigenvalue weighted by molar-refractivity contribution is 0.318. The molecular formula is C13H17ClN6O. The summed E-state index contributed by atoms with van der Waals surface area (Å²) in [5.41, 5.74) is 7.02. The van der Waals surface area contributed by atoms with Crippen molar-refractivity contribution in [1.29, 1.82) is 0 Å². The maximum Gasteiger partial charge on any atom is 0.170 e. The zero-order chi connectivity index (χ0) is 15.4. The van der Waals surface area contributed by atoms with Gasteiger partial charge in [0.15, 0.2) is 5.84 Å². The molecule has 0 bridgehead atoms. The average molecular weight is 309 g/mol. The van der Waals surface area contributed by atoms with Gasteiger partial charge in [-0.2, -0.15) is 0 Å². The number of nitrogens with zero attached hydrogens (tertiary/aromatic N) is 4. The standard InChI is InChI=1S/C13H17ClN6O/c1-8(13-18-17-7-20(13)2)16-6-10-4-3-9(5-11(10)14)12(15)19-21/h3-5,7-8,16,21H,6H2,1-2H3,(H2,15,19). The number of rotatable bonds is 5. The molecule has 0 saturated carbocycles. The van der Waals surface area contributed by atoms with Gasteiger partial charge < -0.3 is 20.8 Å². The third kappa shape index (κ3) is 3.50. The molecule has 2 rings (SSSR count). The lowest BCUT2D eigenvalue weighted by atomic mass is 10.1. The first-order valence-electron chi connectivity index (χ1n) is 6.36. The number of halogens is 1. The summed E-state index contributed by atoms with van der Waals surface area (Å²) in [4.78, 5) is 0. The van der Waals surface area contributed by atoms with E-state index in [9.17, 15) is 0 Å². The summed E-state index contributed by atoms with van der Waals surface area (Å²) in [5.74, 6) is 0.878. The van der Waals surface area contributed by atoms with Gasteiger partial charge in [0.25, 0.3) is 0 Å². The van der Waals surface area contributed by atoms with Crippen LogP contribution in [0.15, 0.2) is 29.7 Å². The minimum atomic E-state index is 0.0314. The van der Waals surface area contributed by atoms with Crippen molar-refractivity contribution in [1.82, 2.24) is 20.1 Å². The number of hydrogen-bond acceptors (Lipinski definition) is 5. The Morgan fingerprint density at radius 1 is 1.57 bits per heavy atom. The molecule has 0 saturated heterocycles.